The Morgan fingerprint density at radius 1 is 1.62 bits per heavy atom. The van der Waals surface area contributed by atoms with Gasteiger partial charge in [-0.3, -0.25) is 4.98 Å². The van der Waals surface area contributed by atoms with E-state index >= 15 is 0 Å². The summed E-state index contributed by atoms with van der Waals surface area (Å²) in [5.41, 5.74) is 2.06. The molecule has 0 aliphatic heterocycles. The van der Waals surface area contributed by atoms with E-state index in [9.17, 15) is 0 Å². The quantitative estimate of drug-likeness (QED) is 0.831. The number of methoxy groups -OCH3 is 1. The van der Waals surface area contributed by atoms with Crippen molar-refractivity contribution in [3.05, 3.63) is 23.2 Å². The van der Waals surface area contributed by atoms with Crippen LogP contribution >= 0.6 is 12.2 Å². The summed E-state index contributed by atoms with van der Waals surface area (Å²) >= 11 is 5.33. The van der Waals surface area contributed by atoms with Crippen molar-refractivity contribution in [3.8, 4) is 0 Å². The van der Waals surface area contributed by atoms with Crippen LogP contribution < -0.4 is 0 Å². The van der Waals surface area contributed by atoms with Crippen molar-refractivity contribution in [2.45, 2.75) is 19.4 Å². The number of rotatable bonds is 4. The van der Waals surface area contributed by atoms with Gasteiger partial charge in [-0.15, -0.1) is 0 Å². The van der Waals surface area contributed by atoms with Crippen LogP contribution in [0.3, 0.4) is 0 Å². The normalized spacial score (nSPS) is 13.1. The Bertz CT molecular complexity index is 531. The van der Waals surface area contributed by atoms with Gasteiger partial charge in [-0.25, -0.2) is 0 Å². The number of aromatic nitrogens is 3. The molecule has 0 aliphatic carbocycles. The molecule has 86 valence electrons. The van der Waals surface area contributed by atoms with Gasteiger partial charge in [-0.1, -0.05) is 6.92 Å². The molecule has 1 atom stereocenters. The lowest BCUT2D eigenvalue weighted by molar-refractivity contribution is 0.154. The summed E-state index contributed by atoms with van der Waals surface area (Å²) in [4.78, 5) is 7.24. The first kappa shape index (κ1) is 11.3. The number of fused-ring (bicyclic) bond motifs is 1. The van der Waals surface area contributed by atoms with E-state index in [1.807, 2.05) is 6.07 Å². The predicted octanol–water partition coefficient (Wildman–Crippen LogP) is 2.69. The van der Waals surface area contributed by atoms with Crippen LogP contribution in [0.25, 0.3) is 11.0 Å². The van der Waals surface area contributed by atoms with Crippen LogP contribution in [-0.4, -0.2) is 28.3 Å². The summed E-state index contributed by atoms with van der Waals surface area (Å²) in [5.74, 6) is 0. The zero-order chi connectivity index (χ0) is 11.5. The molecule has 5 heteroatoms. The van der Waals surface area contributed by atoms with Crippen LogP contribution in [0.5, 0.6) is 0 Å². The van der Waals surface area contributed by atoms with Gasteiger partial charge in [-0.2, -0.15) is 0 Å². The lowest BCUT2D eigenvalue weighted by Crippen LogP contribution is -2.13. The van der Waals surface area contributed by atoms with Crippen molar-refractivity contribution in [3.63, 3.8) is 0 Å². The smallest absolute Gasteiger partial charge is 0.178 e. The lowest BCUT2D eigenvalue weighted by atomic mass is 10.2. The highest BCUT2D eigenvalue weighted by molar-refractivity contribution is 7.71. The van der Waals surface area contributed by atoms with E-state index in [1.165, 1.54) is 0 Å². The monoisotopic (exact) mass is 237 g/mol. The number of imidazole rings is 1. The van der Waals surface area contributed by atoms with Crippen molar-refractivity contribution >= 4 is 23.3 Å². The highest BCUT2D eigenvalue weighted by Gasteiger charge is 2.13. The minimum absolute atomic E-state index is 0.272. The van der Waals surface area contributed by atoms with E-state index in [-0.39, 0.29) is 6.04 Å². The molecule has 0 bridgehead atoms. The third-order valence-electron chi connectivity index (χ3n) is 2.71. The molecule has 16 heavy (non-hydrogen) atoms. The second-order valence-corrected chi connectivity index (χ2v) is 4.10. The third-order valence-corrected chi connectivity index (χ3v) is 3.01. The molecule has 0 fully saturated rings. The van der Waals surface area contributed by atoms with Crippen LogP contribution in [-0.2, 0) is 4.74 Å². The van der Waals surface area contributed by atoms with E-state index in [4.69, 9.17) is 17.0 Å². The van der Waals surface area contributed by atoms with E-state index in [0.717, 1.165) is 22.2 Å². The summed E-state index contributed by atoms with van der Waals surface area (Å²) in [6.07, 6.45) is 4.56. The Kier molecular flexibility index (Phi) is 3.36. The standard InChI is InChI=1S/C11H15N3OS/c1-3-8(7-15-2)14-10-4-5-12-6-9(10)13-11(14)16/h4-6,8H,3,7H2,1-2H3,(H,13,16). The van der Waals surface area contributed by atoms with E-state index in [2.05, 4.69) is 21.5 Å². The molecule has 0 aliphatic rings. The number of nitrogens with one attached hydrogen (secondary N) is 1. The molecule has 0 aromatic carbocycles. The molecule has 1 N–H and O–H groups in total. The number of hydrogen-bond donors (Lipinski definition) is 1. The Morgan fingerprint density at radius 2 is 2.44 bits per heavy atom. The number of H-pyrrole nitrogens is 1. The van der Waals surface area contributed by atoms with Gasteiger partial charge in [0.25, 0.3) is 0 Å². The Balaban J connectivity index is 2.57. The van der Waals surface area contributed by atoms with Crippen molar-refractivity contribution in [2.75, 3.05) is 13.7 Å². The highest BCUT2D eigenvalue weighted by Crippen LogP contribution is 2.20. The van der Waals surface area contributed by atoms with Gasteiger partial charge in [0.2, 0.25) is 0 Å². The predicted molar refractivity (Wildman–Crippen MR) is 66.1 cm³/mol. The second kappa shape index (κ2) is 4.76. The van der Waals surface area contributed by atoms with Gasteiger partial charge < -0.3 is 14.3 Å². The van der Waals surface area contributed by atoms with Crippen LogP contribution in [0.4, 0.5) is 0 Å². The minimum atomic E-state index is 0.272. The lowest BCUT2D eigenvalue weighted by Gasteiger charge is -2.16. The third kappa shape index (κ3) is 1.88. The van der Waals surface area contributed by atoms with Crippen molar-refractivity contribution in [1.29, 1.82) is 0 Å². The molecule has 0 saturated heterocycles. The maximum Gasteiger partial charge on any atom is 0.178 e. The Labute approximate surface area is 99.3 Å². The summed E-state index contributed by atoms with van der Waals surface area (Å²) in [6, 6.07) is 2.24. The molecule has 2 aromatic heterocycles. The molecule has 0 radical (unpaired) electrons. The fourth-order valence-corrected chi connectivity index (χ4v) is 2.27. The molecule has 0 saturated carbocycles. The number of hydrogen-bond acceptors (Lipinski definition) is 3. The van der Waals surface area contributed by atoms with E-state index < -0.39 is 0 Å². The van der Waals surface area contributed by atoms with Crippen LogP contribution in [0, 0.1) is 4.77 Å². The van der Waals surface area contributed by atoms with E-state index in [0.29, 0.717) is 6.61 Å². The molecule has 2 aromatic rings. The van der Waals surface area contributed by atoms with Crippen LogP contribution in [0.1, 0.15) is 19.4 Å². The average molecular weight is 237 g/mol. The largest absolute Gasteiger partial charge is 0.383 e. The zero-order valence-electron chi connectivity index (χ0n) is 9.43. The molecule has 0 amide bonds. The topological polar surface area (TPSA) is 42.8 Å². The minimum Gasteiger partial charge on any atom is -0.383 e. The van der Waals surface area contributed by atoms with Gasteiger partial charge in [0.15, 0.2) is 4.77 Å². The highest BCUT2D eigenvalue weighted by atomic mass is 32.1. The summed E-state index contributed by atoms with van der Waals surface area (Å²) < 4.78 is 8.06. The molecule has 1 unspecified atom stereocenters. The van der Waals surface area contributed by atoms with Gasteiger partial charge in [0.1, 0.15) is 0 Å². The molecule has 0 spiro atoms. The van der Waals surface area contributed by atoms with Crippen molar-refractivity contribution in [2.24, 2.45) is 0 Å². The molecule has 2 rings (SSSR count). The molecular formula is C11H15N3OS. The van der Waals surface area contributed by atoms with Gasteiger partial charge in [-0.05, 0) is 24.7 Å². The first-order chi connectivity index (χ1) is 7.77. The fraction of sp³-hybridized carbons (Fsp3) is 0.455. The zero-order valence-corrected chi connectivity index (χ0v) is 10.3. The average Bonchev–Trinajstić information content (AvgIpc) is 2.62. The van der Waals surface area contributed by atoms with Crippen molar-refractivity contribution < 1.29 is 4.74 Å². The van der Waals surface area contributed by atoms with Crippen molar-refractivity contribution in [1.82, 2.24) is 14.5 Å². The number of aromatic amines is 1. The summed E-state index contributed by atoms with van der Waals surface area (Å²) in [6.45, 7) is 2.80. The molecule has 2 heterocycles. The summed E-state index contributed by atoms with van der Waals surface area (Å²) in [7, 11) is 1.71. The first-order valence-corrected chi connectivity index (χ1v) is 5.72. The van der Waals surface area contributed by atoms with Gasteiger partial charge in [0, 0.05) is 13.3 Å². The van der Waals surface area contributed by atoms with Gasteiger partial charge in [0.05, 0.1) is 29.9 Å². The Hall–Kier alpha value is -1.20. The van der Waals surface area contributed by atoms with Gasteiger partial charge >= 0.3 is 0 Å². The van der Waals surface area contributed by atoms with Crippen LogP contribution in [0.2, 0.25) is 0 Å². The number of nitrogens with zero attached hydrogens (tertiary/aromatic N) is 2. The molecule has 4 nitrogen and oxygen atoms in total. The number of pyridine rings is 1. The number of ether oxygens (including phenoxy) is 1. The van der Waals surface area contributed by atoms with Crippen LogP contribution in [0.15, 0.2) is 18.5 Å². The first-order valence-electron chi connectivity index (χ1n) is 5.31. The fourth-order valence-electron chi connectivity index (χ4n) is 1.91. The maximum absolute atomic E-state index is 5.33. The Morgan fingerprint density at radius 3 is 3.12 bits per heavy atom. The summed E-state index contributed by atoms with van der Waals surface area (Å²) in [5, 5.41) is 0. The second-order valence-electron chi connectivity index (χ2n) is 3.71. The maximum atomic E-state index is 5.33. The molecular weight excluding hydrogens is 222 g/mol. The van der Waals surface area contributed by atoms with E-state index in [1.54, 1.807) is 19.5 Å². The SMILES string of the molecule is CCC(COC)n1c(=S)[nH]c2cnccc21.